The van der Waals surface area contributed by atoms with Crippen LogP contribution < -0.4 is 5.73 Å². The van der Waals surface area contributed by atoms with Crippen molar-refractivity contribution in [2.24, 2.45) is 12.8 Å². The molecule has 74 valence electrons. The molecule has 0 bridgehead atoms. The molecule has 0 aromatic carbocycles. The normalized spacial score (nSPS) is 11.1. The number of aryl methyl sites for hydroxylation is 1. The van der Waals surface area contributed by atoms with Crippen molar-refractivity contribution in [2.45, 2.75) is 19.9 Å². The van der Waals surface area contributed by atoms with Gasteiger partial charge in [-0.2, -0.15) is 0 Å². The molecule has 2 heterocycles. The smallest absolute Gasteiger partial charge is 0.0928 e. The lowest BCUT2D eigenvalue weighted by atomic mass is 10.2. The maximum absolute atomic E-state index is 5.75. The molecule has 0 saturated heterocycles. The van der Waals surface area contributed by atoms with Crippen molar-refractivity contribution in [1.82, 2.24) is 9.55 Å². The largest absolute Gasteiger partial charge is 0.346 e. The third kappa shape index (κ3) is 1.13. The van der Waals surface area contributed by atoms with Crippen LogP contribution in [0.4, 0.5) is 0 Å². The summed E-state index contributed by atoms with van der Waals surface area (Å²) >= 11 is 0. The van der Waals surface area contributed by atoms with Gasteiger partial charge >= 0.3 is 0 Å². The van der Waals surface area contributed by atoms with Crippen molar-refractivity contribution >= 4 is 11.0 Å². The van der Waals surface area contributed by atoms with E-state index in [1.165, 1.54) is 16.8 Å². The molecule has 0 aliphatic heterocycles. The number of fused-ring (bicyclic) bond motifs is 1. The van der Waals surface area contributed by atoms with Gasteiger partial charge in [-0.25, -0.2) is 0 Å². The van der Waals surface area contributed by atoms with Gasteiger partial charge in [0, 0.05) is 31.0 Å². The molecule has 2 aromatic heterocycles. The first-order valence-electron chi connectivity index (χ1n) is 4.90. The molecule has 3 nitrogen and oxygen atoms in total. The van der Waals surface area contributed by atoms with Crippen molar-refractivity contribution in [2.75, 3.05) is 0 Å². The number of hydrogen-bond acceptors (Lipinski definition) is 2. The molecule has 0 aliphatic carbocycles. The Morgan fingerprint density at radius 2 is 2.29 bits per heavy atom. The van der Waals surface area contributed by atoms with Crippen LogP contribution in [0.1, 0.15) is 18.2 Å². The Morgan fingerprint density at radius 3 is 2.93 bits per heavy atom. The minimum absolute atomic E-state index is 0.567. The third-order valence-corrected chi connectivity index (χ3v) is 2.73. The van der Waals surface area contributed by atoms with Gasteiger partial charge < -0.3 is 10.3 Å². The molecule has 0 radical (unpaired) electrons. The average molecular weight is 189 g/mol. The highest BCUT2D eigenvalue weighted by atomic mass is 15.0. The van der Waals surface area contributed by atoms with Crippen LogP contribution in [0.25, 0.3) is 11.0 Å². The molecule has 0 spiro atoms. The molecule has 2 aromatic rings. The molecule has 0 saturated carbocycles. The zero-order valence-corrected chi connectivity index (χ0v) is 8.62. The lowest BCUT2D eigenvalue weighted by molar-refractivity contribution is 0.842. The predicted octanol–water partition coefficient (Wildman–Crippen LogP) is 1.59. The van der Waals surface area contributed by atoms with Gasteiger partial charge in [-0.3, -0.25) is 4.98 Å². The van der Waals surface area contributed by atoms with E-state index in [2.05, 4.69) is 29.6 Å². The summed E-state index contributed by atoms with van der Waals surface area (Å²) in [5.74, 6) is 0. The third-order valence-electron chi connectivity index (χ3n) is 2.73. The lowest BCUT2D eigenvalue weighted by Gasteiger charge is -2.01. The molecule has 0 fully saturated rings. The van der Waals surface area contributed by atoms with Gasteiger partial charge in [-0.15, -0.1) is 0 Å². The summed E-state index contributed by atoms with van der Waals surface area (Å²) in [4.78, 5) is 4.38. The average Bonchev–Trinajstić information content (AvgIpc) is 2.51. The second-order valence-electron chi connectivity index (χ2n) is 3.41. The zero-order chi connectivity index (χ0) is 10.1. The number of hydrogen-bond donors (Lipinski definition) is 1. The summed E-state index contributed by atoms with van der Waals surface area (Å²) in [5, 5.41) is 0. The molecule has 3 heteroatoms. The zero-order valence-electron chi connectivity index (χ0n) is 8.62. The van der Waals surface area contributed by atoms with Gasteiger partial charge in [0.05, 0.1) is 11.0 Å². The van der Waals surface area contributed by atoms with Crippen molar-refractivity contribution in [1.29, 1.82) is 0 Å². The number of pyridine rings is 1. The Kier molecular flexibility index (Phi) is 2.25. The molecular formula is C11H15N3. The standard InChI is InChI=1S/C11H15N3/c1-3-9-8(7-12)11-10(14(9)2)5-4-6-13-11/h4-6H,3,7,12H2,1-2H3. The topological polar surface area (TPSA) is 43.8 Å². The van der Waals surface area contributed by atoms with Crippen molar-refractivity contribution < 1.29 is 0 Å². The number of nitrogens with two attached hydrogens (primary N) is 1. The van der Waals surface area contributed by atoms with E-state index in [9.17, 15) is 0 Å². The van der Waals surface area contributed by atoms with Gasteiger partial charge in [0.2, 0.25) is 0 Å². The van der Waals surface area contributed by atoms with Crippen LogP contribution in [0.15, 0.2) is 18.3 Å². The Hall–Kier alpha value is -1.35. The Balaban J connectivity index is 2.84. The fraction of sp³-hybridized carbons (Fsp3) is 0.364. The van der Waals surface area contributed by atoms with E-state index in [1.807, 2.05) is 12.3 Å². The van der Waals surface area contributed by atoms with E-state index in [-0.39, 0.29) is 0 Å². The quantitative estimate of drug-likeness (QED) is 0.779. The Morgan fingerprint density at radius 1 is 1.50 bits per heavy atom. The second kappa shape index (κ2) is 3.42. The van der Waals surface area contributed by atoms with Crippen molar-refractivity contribution in [3.8, 4) is 0 Å². The predicted molar refractivity (Wildman–Crippen MR) is 58.0 cm³/mol. The molecular weight excluding hydrogens is 174 g/mol. The first-order chi connectivity index (χ1) is 6.79. The van der Waals surface area contributed by atoms with E-state index >= 15 is 0 Å². The van der Waals surface area contributed by atoms with Gasteiger partial charge in [-0.1, -0.05) is 6.92 Å². The summed E-state index contributed by atoms with van der Waals surface area (Å²) < 4.78 is 2.19. The Bertz CT molecular complexity index is 457. The first kappa shape index (κ1) is 9.21. The molecule has 0 aliphatic rings. The minimum atomic E-state index is 0.567. The van der Waals surface area contributed by atoms with E-state index in [0.29, 0.717) is 6.54 Å². The van der Waals surface area contributed by atoms with Crippen LogP contribution >= 0.6 is 0 Å². The fourth-order valence-electron chi connectivity index (χ4n) is 2.05. The van der Waals surface area contributed by atoms with E-state index in [0.717, 1.165) is 11.9 Å². The van der Waals surface area contributed by atoms with Crippen LogP contribution in [-0.2, 0) is 20.0 Å². The van der Waals surface area contributed by atoms with E-state index < -0.39 is 0 Å². The summed E-state index contributed by atoms with van der Waals surface area (Å²) in [7, 11) is 2.07. The van der Waals surface area contributed by atoms with Gasteiger partial charge in [-0.05, 0) is 18.6 Å². The monoisotopic (exact) mass is 189 g/mol. The van der Waals surface area contributed by atoms with Crippen LogP contribution in [0.3, 0.4) is 0 Å². The summed E-state index contributed by atoms with van der Waals surface area (Å²) in [6.07, 6.45) is 2.82. The maximum atomic E-state index is 5.75. The highest BCUT2D eigenvalue weighted by Crippen LogP contribution is 2.22. The van der Waals surface area contributed by atoms with E-state index in [4.69, 9.17) is 5.73 Å². The summed E-state index contributed by atoms with van der Waals surface area (Å²) in [6.45, 7) is 2.71. The molecule has 2 N–H and O–H groups in total. The highest BCUT2D eigenvalue weighted by molar-refractivity contribution is 5.81. The van der Waals surface area contributed by atoms with Crippen LogP contribution in [0.2, 0.25) is 0 Å². The molecule has 0 atom stereocenters. The maximum Gasteiger partial charge on any atom is 0.0928 e. The number of aromatic nitrogens is 2. The molecule has 2 rings (SSSR count). The Labute approximate surface area is 83.6 Å². The van der Waals surface area contributed by atoms with Crippen LogP contribution in [0.5, 0.6) is 0 Å². The van der Waals surface area contributed by atoms with E-state index in [1.54, 1.807) is 0 Å². The lowest BCUT2D eigenvalue weighted by Crippen LogP contribution is -2.02. The second-order valence-corrected chi connectivity index (χ2v) is 3.41. The molecule has 14 heavy (non-hydrogen) atoms. The van der Waals surface area contributed by atoms with Crippen LogP contribution in [0, 0.1) is 0 Å². The SMILES string of the molecule is CCc1c(CN)c2ncccc2n1C. The fourth-order valence-corrected chi connectivity index (χ4v) is 2.05. The van der Waals surface area contributed by atoms with Gasteiger partial charge in [0.1, 0.15) is 0 Å². The molecule has 0 unspecified atom stereocenters. The van der Waals surface area contributed by atoms with Gasteiger partial charge in [0.15, 0.2) is 0 Å². The minimum Gasteiger partial charge on any atom is -0.346 e. The van der Waals surface area contributed by atoms with Crippen molar-refractivity contribution in [3.05, 3.63) is 29.6 Å². The number of nitrogens with zero attached hydrogens (tertiary/aromatic N) is 2. The number of rotatable bonds is 2. The van der Waals surface area contributed by atoms with Crippen LogP contribution in [-0.4, -0.2) is 9.55 Å². The summed E-state index contributed by atoms with van der Waals surface area (Å²) in [6, 6.07) is 4.04. The first-order valence-corrected chi connectivity index (χ1v) is 4.90. The summed E-state index contributed by atoms with van der Waals surface area (Å²) in [5.41, 5.74) is 10.5. The van der Waals surface area contributed by atoms with Crippen molar-refractivity contribution in [3.63, 3.8) is 0 Å². The molecule has 0 amide bonds. The highest BCUT2D eigenvalue weighted by Gasteiger charge is 2.12. The van der Waals surface area contributed by atoms with Gasteiger partial charge in [0.25, 0.3) is 0 Å².